The number of rotatable bonds is 6. The summed E-state index contributed by atoms with van der Waals surface area (Å²) >= 11 is 0. The second-order valence-electron chi connectivity index (χ2n) is 5.05. The fourth-order valence-corrected chi connectivity index (χ4v) is 1.81. The van der Waals surface area contributed by atoms with Gasteiger partial charge in [0.2, 0.25) is 0 Å². The standard InChI is InChI=1S/C12H26N4/c1-5-9(2)15-12(13)14-8-11(16(3)4)10-6-7-10/h9-11H,5-8H2,1-4H3,(H3,13,14,15). The van der Waals surface area contributed by atoms with Gasteiger partial charge in [-0.2, -0.15) is 0 Å². The lowest BCUT2D eigenvalue weighted by Crippen LogP contribution is -2.40. The molecule has 2 unspecified atom stereocenters. The van der Waals surface area contributed by atoms with E-state index < -0.39 is 0 Å². The molecule has 0 bridgehead atoms. The molecule has 0 heterocycles. The first-order valence-electron chi connectivity index (χ1n) is 6.27. The van der Waals surface area contributed by atoms with Crippen LogP contribution in [-0.4, -0.2) is 43.6 Å². The Morgan fingerprint density at radius 3 is 2.56 bits per heavy atom. The lowest BCUT2D eigenvalue weighted by molar-refractivity contribution is 0.271. The summed E-state index contributed by atoms with van der Waals surface area (Å²) in [7, 11) is 4.24. The van der Waals surface area contributed by atoms with E-state index in [9.17, 15) is 0 Å². The van der Waals surface area contributed by atoms with Gasteiger partial charge < -0.3 is 16.0 Å². The van der Waals surface area contributed by atoms with E-state index in [1.807, 2.05) is 0 Å². The van der Waals surface area contributed by atoms with E-state index in [-0.39, 0.29) is 0 Å². The summed E-state index contributed by atoms with van der Waals surface area (Å²) in [6.45, 7) is 5.07. The molecule has 16 heavy (non-hydrogen) atoms. The summed E-state index contributed by atoms with van der Waals surface area (Å²) in [6.07, 6.45) is 3.75. The van der Waals surface area contributed by atoms with Crippen molar-refractivity contribution in [2.24, 2.45) is 16.6 Å². The van der Waals surface area contributed by atoms with E-state index in [1.165, 1.54) is 12.8 Å². The third-order valence-corrected chi connectivity index (χ3v) is 3.28. The smallest absolute Gasteiger partial charge is 0.188 e. The maximum atomic E-state index is 5.84. The second kappa shape index (κ2) is 6.09. The van der Waals surface area contributed by atoms with Crippen molar-refractivity contribution in [3.63, 3.8) is 0 Å². The molecular formula is C12H26N4. The van der Waals surface area contributed by atoms with Gasteiger partial charge in [0.1, 0.15) is 0 Å². The zero-order valence-electron chi connectivity index (χ0n) is 11.0. The maximum absolute atomic E-state index is 5.84. The summed E-state index contributed by atoms with van der Waals surface area (Å²) < 4.78 is 0. The Morgan fingerprint density at radius 2 is 2.12 bits per heavy atom. The van der Waals surface area contributed by atoms with E-state index >= 15 is 0 Å². The van der Waals surface area contributed by atoms with Crippen molar-refractivity contribution in [1.82, 2.24) is 10.2 Å². The van der Waals surface area contributed by atoms with Crippen LogP contribution in [0.25, 0.3) is 0 Å². The van der Waals surface area contributed by atoms with E-state index in [2.05, 4.69) is 43.2 Å². The highest BCUT2D eigenvalue weighted by Crippen LogP contribution is 2.34. The van der Waals surface area contributed by atoms with Crippen LogP contribution in [0.3, 0.4) is 0 Å². The SMILES string of the molecule is CCC(C)NC(N)=NCC(C1CC1)N(C)C. The fourth-order valence-electron chi connectivity index (χ4n) is 1.81. The van der Waals surface area contributed by atoms with Gasteiger partial charge in [0.15, 0.2) is 5.96 Å². The van der Waals surface area contributed by atoms with Crippen LogP contribution in [-0.2, 0) is 0 Å². The molecule has 1 rings (SSSR count). The van der Waals surface area contributed by atoms with Crippen LogP contribution < -0.4 is 11.1 Å². The normalized spacial score (nSPS) is 20.9. The van der Waals surface area contributed by atoms with Gasteiger partial charge in [0, 0.05) is 12.1 Å². The topological polar surface area (TPSA) is 53.6 Å². The van der Waals surface area contributed by atoms with Gasteiger partial charge in [-0.15, -0.1) is 0 Å². The van der Waals surface area contributed by atoms with Crippen LogP contribution in [0, 0.1) is 5.92 Å². The predicted molar refractivity (Wildman–Crippen MR) is 69.6 cm³/mol. The summed E-state index contributed by atoms with van der Waals surface area (Å²) in [5.74, 6) is 1.41. The Bertz CT molecular complexity index is 231. The monoisotopic (exact) mass is 226 g/mol. The molecule has 1 aliphatic rings. The van der Waals surface area contributed by atoms with Gasteiger partial charge in [0.05, 0.1) is 6.54 Å². The highest BCUT2D eigenvalue weighted by molar-refractivity contribution is 5.78. The van der Waals surface area contributed by atoms with E-state index in [1.54, 1.807) is 0 Å². The Morgan fingerprint density at radius 1 is 1.50 bits per heavy atom. The molecule has 0 aromatic rings. The van der Waals surface area contributed by atoms with Crippen LogP contribution in [0.5, 0.6) is 0 Å². The Hall–Kier alpha value is -0.770. The highest BCUT2D eigenvalue weighted by atomic mass is 15.2. The molecule has 1 saturated carbocycles. The lowest BCUT2D eigenvalue weighted by Gasteiger charge is -2.22. The summed E-state index contributed by atoms with van der Waals surface area (Å²) in [4.78, 5) is 6.70. The van der Waals surface area contributed by atoms with Crippen LogP contribution in [0.4, 0.5) is 0 Å². The van der Waals surface area contributed by atoms with Crippen LogP contribution >= 0.6 is 0 Å². The molecule has 0 aromatic carbocycles. The van der Waals surface area contributed by atoms with E-state index in [0.29, 0.717) is 18.0 Å². The number of hydrogen-bond donors (Lipinski definition) is 2. The first-order valence-corrected chi connectivity index (χ1v) is 6.27. The van der Waals surface area contributed by atoms with Crippen molar-refractivity contribution in [3.05, 3.63) is 0 Å². The quantitative estimate of drug-likeness (QED) is 0.525. The van der Waals surface area contributed by atoms with Crippen molar-refractivity contribution in [2.45, 2.75) is 45.2 Å². The highest BCUT2D eigenvalue weighted by Gasteiger charge is 2.32. The minimum atomic E-state index is 0.405. The van der Waals surface area contributed by atoms with Gasteiger partial charge in [-0.25, -0.2) is 0 Å². The number of likely N-dealkylation sites (N-methyl/N-ethyl adjacent to an activating group) is 1. The lowest BCUT2D eigenvalue weighted by atomic mass is 10.2. The molecule has 1 fully saturated rings. The maximum Gasteiger partial charge on any atom is 0.188 e. The minimum Gasteiger partial charge on any atom is -0.370 e. The number of nitrogens with zero attached hydrogens (tertiary/aromatic N) is 2. The van der Waals surface area contributed by atoms with Gasteiger partial charge in [-0.05, 0) is 46.2 Å². The zero-order chi connectivity index (χ0) is 12.1. The van der Waals surface area contributed by atoms with Gasteiger partial charge >= 0.3 is 0 Å². The molecule has 0 radical (unpaired) electrons. The van der Waals surface area contributed by atoms with E-state index in [0.717, 1.165) is 18.9 Å². The molecular weight excluding hydrogens is 200 g/mol. The first kappa shape index (κ1) is 13.3. The third kappa shape index (κ3) is 4.39. The Labute approximate surface area is 99.3 Å². The molecule has 0 amide bonds. The van der Waals surface area contributed by atoms with E-state index in [4.69, 9.17) is 5.73 Å². The summed E-state index contributed by atoms with van der Waals surface area (Å²) in [6, 6.07) is 0.958. The third-order valence-electron chi connectivity index (χ3n) is 3.28. The van der Waals surface area contributed by atoms with Crippen LogP contribution in [0.2, 0.25) is 0 Å². The number of hydrogen-bond acceptors (Lipinski definition) is 2. The molecule has 3 N–H and O–H groups in total. The number of nitrogens with one attached hydrogen (secondary N) is 1. The Kier molecular flexibility index (Phi) is 5.06. The fraction of sp³-hybridized carbons (Fsp3) is 0.917. The van der Waals surface area contributed by atoms with Gasteiger partial charge in [0.25, 0.3) is 0 Å². The number of aliphatic imine (C=N–C) groups is 1. The summed E-state index contributed by atoms with van der Waals surface area (Å²) in [5, 5.41) is 3.19. The van der Waals surface area contributed by atoms with Crippen LogP contribution in [0.15, 0.2) is 4.99 Å². The molecule has 4 heteroatoms. The van der Waals surface area contributed by atoms with Crippen LogP contribution in [0.1, 0.15) is 33.1 Å². The van der Waals surface area contributed by atoms with Crippen molar-refractivity contribution in [2.75, 3.05) is 20.6 Å². The molecule has 0 aliphatic heterocycles. The second-order valence-corrected chi connectivity index (χ2v) is 5.05. The molecule has 4 nitrogen and oxygen atoms in total. The first-order chi connectivity index (χ1) is 7.54. The molecule has 2 atom stereocenters. The van der Waals surface area contributed by atoms with Crippen molar-refractivity contribution < 1.29 is 0 Å². The average Bonchev–Trinajstić information content (AvgIpc) is 3.01. The van der Waals surface area contributed by atoms with Crippen molar-refractivity contribution >= 4 is 5.96 Å². The minimum absolute atomic E-state index is 0.405. The largest absolute Gasteiger partial charge is 0.370 e. The van der Waals surface area contributed by atoms with Gasteiger partial charge in [-0.1, -0.05) is 6.92 Å². The number of guanidine groups is 1. The molecule has 0 spiro atoms. The molecule has 0 aromatic heterocycles. The average molecular weight is 226 g/mol. The summed E-state index contributed by atoms with van der Waals surface area (Å²) in [5.41, 5.74) is 5.84. The predicted octanol–water partition coefficient (Wildman–Crippen LogP) is 1.03. The molecule has 0 saturated heterocycles. The molecule has 94 valence electrons. The zero-order valence-corrected chi connectivity index (χ0v) is 11.0. The van der Waals surface area contributed by atoms with Crippen molar-refractivity contribution in [1.29, 1.82) is 0 Å². The van der Waals surface area contributed by atoms with Crippen molar-refractivity contribution in [3.8, 4) is 0 Å². The molecule has 1 aliphatic carbocycles. The van der Waals surface area contributed by atoms with Gasteiger partial charge in [-0.3, -0.25) is 4.99 Å². The number of nitrogens with two attached hydrogens (primary N) is 1. The Balaban J connectivity index is 2.37.